The van der Waals surface area contributed by atoms with Gasteiger partial charge >= 0.3 is 0 Å². The van der Waals surface area contributed by atoms with Crippen LogP contribution in [0.1, 0.15) is 13.3 Å². The summed E-state index contributed by atoms with van der Waals surface area (Å²) in [5.41, 5.74) is 0. The van der Waals surface area contributed by atoms with Crippen molar-refractivity contribution in [2.75, 3.05) is 11.9 Å². The molecule has 1 heterocycles. The second-order valence-electron chi connectivity index (χ2n) is 2.00. The summed E-state index contributed by atoms with van der Waals surface area (Å²) < 4.78 is 0. The number of hydrogen-bond acceptors (Lipinski definition) is 3. The Morgan fingerprint density at radius 2 is 2.10 bits per heavy atom. The SMILES string of the molecule is CCCNc1ncccn1. The van der Waals surface area contributed by atoms with E-state index in [1.54, 1.807) is 18.5 Å². The largest absolute Gasteiger partial charge is 0.354 e. The zero-order valence-corrected chi connectivity index (χ0v) is 6.04. The molecule has 0 fully saturated rings. The maximum Gasteiger partial charge on any atom is 0.222 e. The van der Waals surface area contributed by atoms with Crippen molar-refractivity contribution in [2.45, 2.75) is 13.3 Å². The molecule has 0 saturated carbocycles. The molecule has 10 heavy (non-hydrogen) atoms. The van der Waals surface area contributed by atoms with Crippen LogP contribution in [0.4, 0.5) is 5.95 Å². The van der Waals surface area contributed by atoms with E-state index in [1.165, 1.54) is 0 Å². The summed E-state index contributed by atoms with van der Waals surface area (Å²) in [6.45, 7) is 3.04. The molecule has 54 valence electrons. The number of aromatic nitrogens is 2. The fourth-order valence-corrected chi connectivity index (χ4v) is 0.627. The highest BCUT2D eigenvalue weighted by Gasteiger charge is 1.87. The molecule has 0 aromatic carbocycles. The zero-order chi connectivity index (χ0) is 7.23. The molecule has 0 spiro atoms. The summed E-state index contributed by atoms with van der Waals surface area (Å²) in [4.78, 5) is 7.99. The van der Waals surface area contributed by atoms with E-state index in [0.29, 0.717) is 5.95 Å². The fraction of sp³-hybridized carbons (Fsp3) is 0.429. The lowest BCUT2D eigenvalue weighted by Crippen LogP contribution is -2.02. The Hall–Kier alpha value is -1.12. The van der Waals surface area contributed by atoms with Crippen molar-refractivity contribution in [1.82, 2.24) is 9.97 Å². The quantitative estimate of drug-likeness (QED) is 0.682. The molecule has 0 aliphatic rings. The molecule has 0 aliphatic carbocycles. The van der Waals surface area contributed by atoms with Gasteiger partial charge < -0.3 is 5.32 Å². The van der Waals surface area contributed by atoms with Crippen molar-refractivity contribution < 1.29 is 0 Å². The number of nitrogens with one attached hydrogen (secondary N) is 1. The van der Waals surface area contributed by atoms with Crippen LogP contribution in [0.2, 0.25) is 0 Å². The van der Waals surface area contributed by atoms with Crippen molar-refractivity contribution >= 4 is 5.95 Å². The van der Waals surface area contributed by atoms with E-state index in [9.17, 15) is 0 Å². The first kappa shape index (κ1) is 6.99. The molecule has 1 N–H and O–H groups in total. The molecule has 1 aromatic heterocycles. The monoisotopic (exact) mass is 137 g/mol. The second kappa shape index (κ2) is 3.82. The fourth-order valence-electron chi connectivity index (χ4n) is 0.627. The lowest BCUT2D eigenvalue weighted by molar-refractivity contribution is 0.952. The summed E-state index contributed by atoms with van der Waals surface area (Å²) in [7, 11) is 0. The predicted octanol–water partition coefficient (Wildman–Crippen LogP) is 1.30. The van der Waals surface area contributed by atoms with Crippen molar-refractivity contribution in [3.8, 4) is 0 Å². The van der Waals surface area contributed by atoms with Crippen LogP contribution in [0.15, 0.2) is 18.5 Å². The van der Waals surface area contributed by atoms with Crippen LogP contribution < -0.4 is 5.32 Å². The summed E-state index contributed by atoms with van der Waals surface area (Å²) >= 11 is 0. The first-order valence-corrected chi connectivity index (χ1v) is 3.44. The maximum absolute atomic E-state index is 3.99. The standard InChI is InChI=1S/C7H11N3/c1-2-4-8-7-9-5-3-6-10-7/h3,5-6H,2,4H2,1H3,(H,8,9,10). The van der Waals surface area contributed by atoms with Gasteiger partial charge in [0.25, 0.3) is 0 Å². The number of hydrogen-bond donors (Lipinski definition) is 1. The Labute approximate surface area is 60.5 Å². The number of rotatable bonds is 3. The van der Waals surface area contributed by atoms with Crippen LogP contribution in [0.5, 0.6) is 0 Å². The van der Waals surface area contributed by atoms with Crippen molar-refractivity contribution in [2.24, 2.45) is 0 Å². The van der Waals surface area contributed by atoms with Crippen molar-refractivity contribution in [3.05, 3.63) is 18.5 Å². The van der Waals surface area contributed by atoms with E-state index in [0.717, 1.165) is 13.0 Å². The van der Waals surface area contributed by atoms with E-state index >= 15 is 0 Å². The summed E-state index contributed by atoms with van der Waals surface area (Å²) in [6.07, 6.45) is 4.55. The average Bonchev–Trinajstić information content (AvgIpc) is 2.03. The molecule has 0 amide bonds. The molecule has 0 radical (unpaired) electrons. The van der Waals surface area contributed by atoms with Crippen molar-refractivity contribution in [3.63, 3.8) is 0 Å². The van der Waals surface area contributed by atoms with Gasteiger partial charge in [0.2, 0.25) is 5.95 Å². The Morgan fingerprint density at radius 1 is 1.40 bits per heavy atom. The molecular formula is C7H11N3. The number of anilines is 1. The highest BCUT2D eigenvalue weighted by Crippen LogP contribution is 1.92. The van der Waals surface area contributed by atoms with Crippen LogP contribution in [0.3, 0.4) is 0 Å². The van der Waals surface area contributed by atoms with Crippen LogP contribution in [0.25, 0.3) is 0 Å². The van der Waals surface area contributed by atoms with Gasteiger partial charge in [0.1, 0.15) is 0 Å². The third-order valence-corrected chi connectivity index (χ3v) is 1.10. The molecule has 3 heteroatoms. The van der Waals surface area contributed by atoms with Crippen LogP contribution in [-0.2, 0) is 0 Å². The molecule has 1 rings (SSSR count). The number of nitrogens with zero attached hydrogens (tertiary/aromatic N) is 2. The maximum atomic E-state index is 3.99. The minimum atomic E-state index is 0.712. The molecule has 0 atom stereocenters. The normalized spacial score (nSPS) is 9.30. The van der Waals surface area contributed by atoms with Gasteiger partial charge in [-0.1, -0.05) is 6.92 Å². The summed E-state index contributed by atoms with van der Waals surface area (Å²) in [5.74, 6) is 0.712. The van der Waals surface area contributed by atoms with Gasteiger partial charge in [-0.05, 0) is 12.5 Å². The van der Waals surface area contributed by atoms with Crippen molar-refractivity contribution in [1.29, 1.82) is 0 Å². The molecule has 0 saturated heterocycles. The molecule has 0 aliphatic heterocycles. The first-order valence-electron chi connectivity index (χ1n) is 3.44. The molecular weight excluding hydrogens is 126 g/mol. The topological polar surface area (TPSA) is 37.8 Å². The zero-order valence-electron chi connectivity index (χ0n) is 6.04. The van der Waals surface area contributed by atoms with E-state index in [1.807, 2.05) is 0 Å². The summed E-state index contributed by atoms with van der Waals surface area (Å²) in [6, 6.07) is 1.80. The van der Waals surface area contributed by atoms with Gasteiger partial charge in [-0.25, -0.2) is 9.97 Å². The third kappa shape index (κ3) is 2.01. The minimum Gasteiger partial charge on any atom is -0.354 e. The van der Waals surface area contributed by atoms with E-state index in [4.69, 9.17) is 0 Å². The van der Waals surface area contributed by atoms with Gasteiger partial charge in [0.15, 0.2) is 0 Å². The predicted molar refractivity (Wildman–Crippen MR) is 40.8 cm³/mol. The highest BCUT2D eigenvalue weighted by atomic mass is 15.1. The highest BCUT2D eigenvalue weighted by molar-refractivity contribution is 5.21. The van der Waals surface area contributed by atoms with Crippen LogP contribution in [0, 0.1) is 0 Å². The second-order valence-corrected chi connectivity index (χ2v) is 2.00. The Morgan fingerprint density at radius 3 is 2.70 bits per heavy atom. The Kier molecular flexibility index (Phi) is 2.67. The van der Waals surface area contributed by atoms with E-state index in [-0.39, 0.29) is 0 Å². The lowest BCUT2D eigenvalue weighted by atomic mass is 10.5. The van der Waals surface area contributed by atoms with Crippen LogP contribution >= 0.6 is 0 Å². The Bertz CT molecular complexity index is 173. The van der Waals surface area contributed by atoms with Crippen LogP contribution in [-0.4, -0.2) is 16.5 Å². The third-order valence-electron chi connectivity index (χ3n) is 1.10. The molecule has 0 bridgehead atoms. The summed E-state index contributed by atoms with van der Waals surface area (Å²) in [5, 5.41) is 3.07. The van der Waals surface area contributed by atoms with Gasteiger partial charge in [-0.15, -0.1) is 0 Å². The smallest absolute Gasteiger partial charge is 0.222 e. The molecule has 0 unspecified atom stereocenters. The van der Waals surface area contributed by atoms with E-state index in [2.05, 4.69) is 22.2 Å². The minimum absolute atomic E-state index is 0.712. The Balaban J connectivity index is 2.43. The van der Waals surface area contributed by atoms with E-state index < -0.39 is 0 Å². The first-order chi connectivity index (χ1) is 4.93. The van der Waals surface area contributed by atoms with Gasteiger partial charge in [0.05, 0.1) is 0 Å². The average molecular weight is 137 g/mol. The van der Waals surface area contributed by atoms with Gasteiger partial charge in [-0.3, -0.25) is 0 Å². The lowest BCUT2D eigenvalue weighted by Gasteiger charge is -1.99. The van der Waals surface area contributed by atoms with Gasteiger partial charge in [0, 0.05) is 18.9 Å². The molecule has 1 aromatic rings. The molecule has 3 nitrogen and oxygen atoms in total. The van der Waals surface area contributed by atoms with Gasteiger partial charge in [-0.2, -0.15) is 0 Å².